The number of nitrogens with zero attached hydrogens (tertiary/aromatic N) is 1. The fourth-order valence-corrected chi connectivity index (χ4v) is 1.66. The van der Waals surface area contributed by atoms with E-state index in [1.807, 2.05) is 0 Å². The lowest BCUT2D eigenvalue weighted by Crippen LogP contribution is -2.09. The molecule has 0 fully saturated rings. The third-order valence-electron chi connectivity index (χ3n) is 2.87. The second-order valence-corrected chi connectivity index (χ2v) is 4.49. The Morgan fingerprint density at radius 2 is 1.48 bits per heavy atom. The number of carbonyl (C=O) groups excluding carboxylic acids is 2. The molecular formula is C16H13NO6. The monoisotopic (exact) mass is 315 g/mol. The minimum absolute atomic E-state index is 0.0908. The number of benzene rings is 2. The molecule has 0 aliphatic rings. The normalized spacial score (nSPS) is 9.96. The molecule has 0 spiro atoms. The minimum atomic E-state index is -0.618. The quantitative estimate of drug-likeness (QED) is 0.364. The molecule has 0 saturated heterocycles. The molecule has 0 bridgehead atoms. The zero-order valence-electron chi connectivity index (χ0n) is 12.2. The van der Waals surface area contributed by atoms with E-state index in [0.717, 1.165) is 0 Å². The highest BCUT2D eigenvalue weighted by atomic mass is 16.6. The summed E-state index contributed by atoms with van der Waals surface area (Å²) >= 11 is 0. The summed E-state index contributed by atoms with van der Waals surface area (Å²) in [5.41, 5.74) is 0.173. The predicted molar refractivity (Wildman–Crippen MR) is 80.4 cm³/mol. The Labute approximate surface area is 131 Å². The number of non-ortho nitro benzene ring substituents is 1. The van der Waals surface area contributed by atoms with E-state index in [1.165, 1.54) is 48.5 Å². The molecule has 0 aliphatic heterocycles. The molecule has 0 radical (unpaired) electrons. The lowest BCUT2D eigenvalue weighted by Gasteiger charge is -2.06. The van der Waals surface area contributed by atoms with Crippen molar-refractivity contribution in [2.45, 2.75) is 13.3 Å². The van der Waals surface area contributed by atoms with Crippen LogP contribution in [0.1, 0.15) is 23.7 Å². The third kappa shape index (κ3) is 4.37. The molecule has 7 heteroatoms. The van der Waals surface area contributed by atoms with Gasteiger partial charge < -0.3 is 9.47 Å². The lowest BCUT2D eigenvalue weighted by molar-refractivity contribution is -0.384. The Bertz CT molecular complexity index is 721. The fourth-order valence-electron chi connectivity index (χ4n) is 1.66. The Morgan fingerprint density at radius 3 is 2.00 bits per heavy atom. The molecule has 0 aliphatic carbocycles. The van der Waals surface area contributed by atoms with E-state index in [1.54, 1.807) is 6.92 Å². The maximum absolute atomic E-state index is 12.0. The average Bonchev–Trinajstić information content (AvgIpc) is 2.55. The molecule has 0 atom stereocenters. The Hall–Kier alpha value is -3.22. The highest BCUT2D eigenvalue weighted by Gasteiger charge is 2.11. The van der Waals surface area contributed by atoms with Crippen LogP contribution in [0, 0.1) is 10.1 Å². The predicted octanol–water partition coefficient (Wildman–Crippen LogP) is 3.13. The molecular weight excluding hydrogens is 302 g/mol. The molecule has 2 aromatic carbocycles. The van der Waals surface area contributed by atoms with Gasteiger partial charge in [0.25, 0.3) is 5.69 Å². The summed E-state index contributed by atoms with van der Waals surface area (Å²) in [6.07, 6.45) is 0.254. The van der Waals surface area contributed by atoms with Crippen LogP contribution < -0.4 is 9.47 Å². The summed E-state index contributed by atoms with van der Waals surface area (Å²) in [4.78, 5) is 33.1. The highest BCUT2D eigenvalue weighted by molar-refractivity contribution is 5.91. The van der Waals surface area contributed by atoms with Gasteiger partial charge in [-0.25, -0.2) is 4.79 Å². The Balaban J connectivity index is 2.02. The number of hydrogen-bond acceptors (Lipinski definition) is 6. The Morgan fingerprint density at radius 1 is 0.957 bits per heavy atom. The van der Waals surface area contributed by atoms with E-state index >= 15 is 0 Å². The molecule has 0 N–H and O–H groups in total. The van der Waals surface area contributed by atoms with Crippen molar-refractivity contribution in [3.8, 4) is 11.5 Å². The fraction of sp³-hybridized carbons (Fsp3) is 0.125. The van der Waals surface area contributed by atoms with Crippen molar-refractivity contribution in [3.63, 3.8) is 0 Å². The second kappa shape index (κ2) is 7.17. The van der Waals surface area contributed by atoms with Crippen molar-refractivity contribution >= 4 is 17.6 Å². The van der Waals surface area contributed by atoms with E-state index in [-0.39, 0.29) is 29.4 Å². The van der Waals surface area contributed by atoms with Crippen molar-refractivity contribution in [1.29, 1.82) is 0 Å². The zero-order chi connectivity index (χ0) is 16.8. The molecule has 2 aromatic rings. The second-order valence-electron chi connectivity index (χ2n) is 4.49. The van der Waals surface area contributed by atoms with Gasteiger partial charge in [-0.2, -0.15) is 0 Å². The first-order valence-electron chi connectivity index (χ1n) is 6.77. The largest absolute Gasteiger partial charge is 0.427 e. The SMILES string of the molecule is CCC(=O)Oc1ccc(C(=O)Oc2ccc([N+](=O)[O-])cc2)cc1. The molecule has 0 saturated carbocycles. The van der Waals surface area contributed by atoms with Crippen LogP contribution in [0.3, 0.4) is 0 Å². The number of carbonyl (C=O) groups is 2. The molecule has 0 aromatic heterocycles. The third-order valence-corrected chi connectivity index (χ3v) is 2.87. The topological polar surface area (TPSA) is 95.7 Å². The number of esters is 2. The summed E-state index contributed by atoms with van der Waals surface area (Å²) in [6.45, 7) is 1.68. The van der Waals surface area contributed by atoms with Gasteiger partial charge in [0, 0.05) is 18.6 Å². The Kier molecular flexibility index (Phi) is 5.03. The van der Waals surface area contributed by atoms with Crippen molar-refractivity contribution in [2.75, 3.05) is 0 Å². The molecule has 7 nitrogen and oxygen atoms in total. The van der Waals surface area contributed by atoms with Crippen LogP contribution in [0.2, 0.25) is 0 Å². The van der Waals surface area contributed by atoms with Gasteiger partial charge in [0.05, 0.1) is 10.5 Å². The first kappa shape index (κ1) is 16.2. The van der Waals surface area contributed by atoms with Crippen LogP contribution in [-0.4, -0.2) is 16.9 Å². The summed E-state index contributed by atoms with van der Waals surface area (Å²) in [7, 11) is 0. The van der Waals surface area contributed by atoms with Gasteiger partial charge in [0.15, 0.2) is 0 Å². The van der Waals surface area contributed by atoms with E-state index in [2.05, 4.69) is 0 Å². The summed E-state index contributed by atoms with van der Waals surface area (Å²) in [5, 5.41) is 10.5. The van der Waals surface area contributed by atoms with Gasteiger partial charge in [-0.15, -0.1) is 0 Å². The van der Waals surface area contributed by atoms with Crippen molar-refractivity contribution in [2.24, 2.45) is 0 Å². The maximum Gasteiger partial charge on any atom is 0.343 e. The number of hydrogen-bond donors (Lipinski definition) is 0. The van der Waals surface area contributed by atoms with Crippen LogP contribution in [-0.2, 0) is 4.79 Å². The number of ether oxygens (including phenoxy) is 2. The van der Waals surface area contributed by atoms with E-state index < -0.39 is 10.9 Å². The van der Waals surface area contributed by atoms with Crippen LogP contribution >= 0.6 is 0 Å². The zero-order valence-corrected chi connectivity index (χ0v) is 12.2. The van der Waals surface area contributed by atoms with Crippen molar-refractivity contribution in [1.82, 2.24) is 0 Å². The molecule has 23 heavy (non-hydrogen) atoms. The first-order chi connectivity index (χ1) is 11.0. The van der Waals surface area contributed by atoms with E-state index in [0.29, 0.717) is 5.75 Å². The number of rotatable bonds is 5. The maximum atomic E-state index is 12.0. The standard InChI is InChI=1S/C16H13NO6/c1-2-15(18)22-13-7-3-11(4-8-13)16(19)23-14-9-5-12(6-10-14)17(20)21/h3-10H,2H2,1H3. The van der Waals surface area contributed by atoms with Crippen molar-refractivity contribution in [3.05, 3.63) is 64.2 Å². The van der Waals surface area contributed by atoms with Crippen LogP contribution in [0.5, 0.6) is 11.5 Å². The first-order valence-corrected chi connectivity index (χ1v) is 6.77. The van der Waals surface area contributed by atoms with Gasteiger partial charge in [-0.05, 0) is 36.4 Å². The average molecular weight is 315 g/mol. The molecule has 0 heterocycles. The van der Waals surface area contributed by atoms with Gasteiger partial charge in [0.1, 0.15) is 11.5 Å². The van der Waals surface area contributed by atoms with Crippen LogP contribution in [0.15, 0.2) is 48.5 Å². The van der Waals surface area contributed by atoms with E-state index in [4.69, 9.17) is 9.47 Å². The summed E-state index contributed by atoms with van der Waals surface area (Å²) < 4.78 is 10.1. The van der Waals surface area contributed by atoms with Crippen LogP contribution in [0.4, 0.5) is 5.69 Å². The van der Waals surface area contributed by atoms with Crippen molar-refractivity contribution < 1.29 is 24.0 Å². The van der Waals surface area contributed by atoms with Crippen LogP contribution in [0.25, 0.3) is 0 Å². The van der Waals surface area contributed by atoms with E-state index in [9.17, 15) is 19.7 Å². The van der Waals surface area contributed by atoms with Gasteiger partial charge in [-0.3, -0.25) is 14.9 Å². The summed E-state index contributed by atoms with van der Waals surface area (Å²) in [5.74, 6) is -0.454. The lowest BCUT2D eigenvalue weighted by atomic mass is 10.2. The summed E-state index contributed by atoms with van der Waals surface area (Å²) in [6, 6.07) is 11.1. The molecule has 118 valence electrons. The number of nitro groups is 1. The smallest absolute Gasteiger partial charge is 0.343 e. The number of nitro benzene ring substituents is 1. The molecule has 2 rings (SSSR count). The van der Waals surface area contributed by atoms with Gasteiger partial charge in [-0.1, -0.05) is 6.92 Å². The van der Waals surface area contributed by atoms with Gasteiger partial charge >= 0.3 is 11.9 Å². The van der Waals surface area contributed by atoms with Gasteiger partial charge in [0.2, 0.25) is 0 Å². The highest BCUT2D eigenvalue weighted by Crippen LogP contribution is 2.19. The molecule has 0 unspecified atom stereocenters. The minimum Gasteiger partial charge on any atom is -0.427 e. The molecule has 0 amide bonds.